The maximum Gasteiger partial charge on any atom is 0.270 e. The molecule has 4 rings (SSSR count). The van der Waals surface area contributed by atoms with Gasteiger partial charge < -0.3 is 10.4 Å². The van der Waals surface area contributed by atoms with Crippen molar-refractivity contribution in [3.05, 3.63) is 93.8 Å². The van der Waals surface area contributed by atoms with Crippen LogP contribution in [0.25, 0.3) is 0 Å². The first-order valence-corrected chi connectivity index (χ1v) is 8.37. The summed E-state index contributed by atoms with van der Waals surface area (Å²) in [4.78, 5) is 25.1. The summed E-state index contributed by atoms with van der Waals surface area (Å²) in [6.45, 7) is 0. The number of nitro benzene ring substituents is 1. The molecule has 3 aromatic rings. The second kappa shape index (κ2) is 6.66. The quantitative estimate of drug-likeness (QED) is 0.525. The van der Waals surface area contributed by atoms with Crippen LogP contribution in [0.3, 0.4) is 0 Å². The van der Waals surface area contributed by atoms with Crippen LogP contribution >= 0.6 is 0 Å². The van der Waals surface area contributed by atoms with Crippen LogP contribution in [0.5, 0.6) is 5.75 Å². The lowest BCUT2D eigenvalue weighted by molar-refractivity contribution is -0.385. The average Bonchev–Trinajstić information content (AvgIpc) is 2.69. The van der Waals surface area contributed by atoms with Crippen molar-refractivity contribution in [2.24, 2.45) is 0 Å². The normalized spacial score (nSPS) is 15.7. The molecule has 1 amide bonds. The SMILES string of the molecule is O=C1c2ccccc2NC(c2cc([N+](=O)[O-])ccc2O)N1c1ccc(F)cc1. The lowest BCUT2D eigenvalue weighted by atomic mass is 10.0. The van der Waals surface area contributed by atoms with Crippen LogP contribution in [0.15, 0.2) is 66.7 Å². The molecule has 1 atom stereocenters. The van der Waals surface area contributed by atoms with Gasteiger partial charge in [0.2, 0.25) is 0 Å². The maximum absolute atomic E-state index is 13.4. The number of carbonyl (C=O) groups is 1. The van der Waals surface area contributed by atoms with Crippen molar-refractivity contribution in [1.29, 1.82) is 0 Å². The Bertz CT molecular complexity index is 1090. The lowest BCUT2D eigenvalue weighted by Crippen LogP contribution is -2.43. The number of amides is 1. The molecular weight excluding hydrogens is 365 g/mol. The second-order valence-corrected chi connectivity index (χ2v) is 6.24. The maximum atomic E-state index is 13.4. The van der Waals surface area contributed by atoms with Gasteiger partial charge >= 0.3 is 0 Å². The Morgan fingerprint density at radius 1 is 1.07 bits per heavy atom. The van der Waals surface area contributed by atoms with Crippen molar-refractivity contribution in [1.82, 2.24) is 0 Å². The predicted octanol–water partition coefficient (Wildman–Crippen LogP) is 4.21. The molecule has 1 unspecified atom stereocenters. The van der Waals surface area contributed by atoms with Gasteiger partial charge in [-0.2, -0.15) is 0 Å². The number of para-hydroxylation sites is 1. The number of non-ortho nitro benzene ring substituents is 1. The third-order valence-corrected chi connectivity index (χ3v) is 4.55. The number of nitrogens with zero attached hydrogens (tertiary/aromatic N) is 2. The zero-order valence-electron chi connectivity index (χ0n) is 14.4. The Balaban J connectivity index is 1.90. The van der Waals surface area contributed by atoms with Gasteiger partial charge in [0.05, 0.1) is 10.5 Å². The van der Waals surface area contributed by atoms with E-state index in [4.69, 9.17) is 0 Å². The largest absolute Gasteiger partial charge is 0.508 e. The highest BCUT2D eigenvalue weighted by Crippen LogP contribution is 2.40. The molecule has 1 heterocycles. The van der Waals surface area contributed by atoms with Crippen LogP contribution in [0.4, 0.5) is 21.5 Å². The van der Waals surface area contributed by atoms with Gasteiger partial charge in [-0.1, -0.05) is 12.1 Å². The summed E-state index contributed by atoms with van der Waals surface area (Å²) in [6.07, 6.45) is -0.923. The van der Waals surface area contributed by atoms with Gasteiger partial charge in [0.25, 0.3) is 11.6 Å². The van der Waals surface area contributed by atoms with Crippen molar-refractivity contribution in [2.75, 3.05) is 10.2 Å². The van der Waals surface area contributed by atoms with Gasteiger partial charge in [0.1, 0.15) is 17.7 Å². The van der Waals surface area contributed by atoms with Gasteiger partial charge in [0, 0.05) is 29.1 Å². The predicted molar refractivity (Wildman–Crippen MR) is 101 cm³/mol. The van der Waals surface area contributed by atoms with Crippen LogP contribution in [-0.4, -0.2) is 15.9 Å². The molecule has 2 N–H and O–H groups in total. The number of halogens is 1. The Morgan fingerprint density at radius 3 is 2.50 bits per heavy atom. The van der Waals surface area contributed by atoms with Gasteiger partial charge in [-0.25, -0.2) is 4.39 Å². The van der Waals surface area contributed by atoms with Crippen molar-refractivity contribution in [2.45, 2.75) is 6.17 Å². The number of phenolic OH excluding ortho intramolecular Hbond substituents is 1. The number of fused-ring (bicyclic) bond motifs is 1. The second-order valence-electron chi connectivity index (χ2n) is 6.24. The number of rotatable bonds is 3. The minimum atomic E-state index is -0.923. The minimum Gasteiger partial charge on any atom is -0.508 e. The molecule has 0 saturated carbocycles. The Hall–Kier alpha value is -3.94. The third kappa shape index (κ3) is 2.90. The smallest absolute Gasteiger partial charge is 0.270 e. The number of hydrogen-bond acceptors (Lipinski definition) is 5. The van der Waals surface area contributed by atoms with Crippen molar-refractivity contribution in [3.63, 3.8) is 0 Å². The van der Waals surface area contributed by atoms with Gasteiger partial charge in [0.15, 0.2) is 0 Å². The van der Waals surface area contributed by atoms with Crippen LogP contribution in [-0.2, 0) is 0 Å². The van der Waals surface area contributed by atoms with E-state index in [0.717, 1.165) is 0 Å². The number of phenols is 1. The molecular formula is C20H14FN3O4. The van der Waals surface area contributed by atoms with Crippen LogP contribution in [0, 0.1) is 15.9 Å². The van der Waals surface area contributed by atoms with E-state index in [1.165, 1.54) is 47.4 Å². The first-order valence-electron chi connectivity index (χ1n) is 8.37. The first kappa shape index (κ1) is 17.5. The molecule has 1 aliphatic rings. The summed E-state index contributed by atoms with van der Waals surface area (Å²) in [5.74, 6) is -1.05. The van der Waals surface area contributed by atoms with E-state index < -0.39 is 16.9 Å². The Kier molecular flexibility index (Phi) is 4.15. The topological polar surface area (TPSA) is 95.7 Å². The number of anilines is 2. The Labute approximate surface area is 158 Å². The molecule has 8 heteroatoms. The van der Waals surface area contributed by atoms with E-state index in [9.17, 15) is 24.4 Å². The Morgan fingerprint density at radius 2 is 1.79 bits per heavy atom. The average molecular weight is 379 g/mol. The van der Waals surface area contributed by atoms with Gasteiger partial charge in [-0.3, -0.25) is 19.8 Å². The van der Waals surface area contributed by atoms with E-state index >= 15 is 0 Å². The number of nitro groups is 1. The fourth-order valence-corrected chi connectivity index (χ4v) is 3.21. The van der Waals surface area contributed by atoms with E-state index in [-0.39, 0.29) is 22.9 Å². The summed E-state index contributed by atoms with van der Waals surface area (Å²) in [7, 11) is 0. The van der Waals surface area contributed by atoms with Crippen LogP contribution < -0.4 is 10.2 Å². The molecule has 0 aliphatic carbocycles. The molecule has 0 fully saturated rings. The molecule has 0 spiro atoms. The highest BCUT2D eigenvalue weighted by atomic mass is 19.1. The lowest BCUT2D eigenvalue weighted by Gasteiger charge is -2.38. The van der Waals surface area contributed by atoms with Crippen molar-refractivity contribution in [3.8, 4) is 5.75 Å². The summed E-state index contributed by atoms with van der Waals surface area (Å²) >= 11 is 0. The molecule has 140 valence electrons. The van der Waals surface area contributed by atoms with Gasteiger partial charge in [-0.05, 0) is 42.5 Å². The number of hydrogen-bond donors (Lipinski definition) is 2. The molecule has 0 bridgehead atoms. The molecule has 7 nitrogen and oxygen atoms in total. The third-order valence-electron chi connectivity index (χ3n) is 4.55. The first-order chi connectivity index (χ1) is 13.5. The monoisotopic (exact) mass is 379 g/mol. The number of benzene rings is 3. The fraction of sp³-hybridized carbons (Fsp3) is 0.0500. The van der Waals surface area contributed by atoms with Crippen LogP contribution in [0.1, 0.15) is 22.1 Å². The molecule has 0 radical (unpaired) electrons. The summed E-state index contributed by atoms with van der Waals surface area (Å²) < 4.78 is 13.4. The minimum absolute atomic E-state index is 0.154. The highest BCUT2D eigenvalue weighted by molar-refractivity contribution is 6.12. The molecule has 0 saturated heterocycles. The van der Waals surface area contributed by atoms with E-state index in [2.05, 4.69) is 5.32 Å². The standard InChI is InChI=1S/C20H14FN3O4/c21-12-5-7-13(8-6-12)23-19(16-11-14(24(27)28)9-10-18(16)25)22-17-4-2-1-3-15(17)20(23)26/h1-11,19,22,25H. The summed E-state index contributed by atoms with van der Waals surface area (Å²) in [6, 6.07) is 15.7. The molecule has 28 heavy (non-hydrogen) atoms. The van der Waals surface area contributed by atoms with Crippen molar-refractivity contribution >= 4 is 23.0 Å². The fourth-order valence-electron chi connectivity index (χ4n) is 3.21. The van der Waals surface area contributed by atoms with Gasteiger partial charge in [-0.15, -0.1) is 0 Å². The van der Waals surface area contributed by atoms with E-state index in [0.29, 0.717) is 16.9 Å². The number of aromatic hydroxyl groups is 1. The zero-order chi connectivity index (χ0) is 19.8. The number of carbonyl (C=O) groups excluding carboxylic acids is 1. The van der Waals surface area contributed by atoms with E-state index in [1.54, 1.807) is 24.3 Å². The van der Waals surface area contributed by atoms with E-state index in [1.807, 2.05) is 0 Å². The molecule has 1 aliphatic heterocycles. The zero-order valence-corrected chi connectivity index (χ0v) is 14.4. The van der Waals surface area contributed by atoms with Crippen LogP contribution in [0.2, 0.25) is 0 Å². The van der Waals surface area contributed by atoms with Crippen molar-refractivity contribution < 1.29 is 19.2 Å². The summed E-state index contributed by atoms with van der Waals surface area (Å²) in [5.41, 5.74) is 1.24. The highest BCUT2D eigenvalue weighted by Gasteiger charge is 2.36. The molecule has 0 aromatic heterocycles. The molecule has 3 aromatic carbocycles. The number of nitrogens with one attached hydrogen (secondary N) is 1. The summed E-state index contributed by atoms with van der Waals surface area (Å²) in [5, 5.41) is 24.7.